The van der Waals surface area contributed by atoms with Gasteiger partial charge in [-0.05, 0) is 35.6 Å². The van der Waals surface area contributed by atoms with Gasteiger partial charge in [0.1, 0.15) is 6.61 Å². The molecule has 0 bridgehead atoms. The fourth-order valence-corrected chi connectivity index (χ4v) is 4.76. The first-order chi connectivity index (χ1) is 17.0. The van der Waals surface area contributed by atoms with Gasteiger partial charge in [0, 0.05) is 19.1 Å². The van der Waals surface area contributed by atoms with Crippen molar-refractivity contribution in [3.63, 3.8) is 0 Å². The van der Waals surface area contributed by atoms with Crippen LogP contribution in [0.5, 0.6) is 0 Å². The summed E-state index contributed by atoms with van der Waals surface area (Å²) in [6.07, 6.45) is 2.65. The fourth-order valence-electron chi connectivity index (χ4n) is 4.76. The van der Waals surface area contributed by atoms with E-state index in [-0.39, 0.29) is 37.4 Å². The summed E-state index contributed by atoms with van der Waals surface area (Å²) >= 11 is 0. The third-order valence-electron chi connectivity index (χ3n) is 6.38. The third kappa shape index (κ3) is 5.89. The lowest BCUT2D eigenvalue weighted by Crippen LogP contribution is -2.39. The van der Waals surface area contributed by atoms with Crippen molar-refractivity contribution in [3.8, 4) is 11.1 Å². The maximum atomic E-state index is 12.5. The summed E-state index contributed by atoms with van der Waals surface area (Å²) in [7, 11) is 0. The Labute approximate surface area is 204 Å². The van der Waals surface area contributed by atoms with Gasteiger partial charge >= 0.3 is 12.1 Å². The Hall–Kier alpha value is -3.65. The first-order valence-electron chi connectivity index (χ1n) is 11.9. The quantitative estimate of drug-likeness (QED) is 0.451. The van der Waals surface area contributed by atoms with Crippen molar-refractivity contribution >= 4 is 18.0 Å². The molecule has 184 valence electrons. The SMILES string of the molecule is CCOC(CNC(=O)C1C=CC(NC(=O)OCC2c3ccccc3-c3ccccc32)C1)CC(=O)O. The summed E-state index contributed by atoms with van der Waals surface area (Å²) in [5, 5.41) is 14.5. The largest absolute Gasteiger partial charge is 0.481 e. The number of hydrogen-bond donors (Lipinski definition) is 3. The number of rotatable bonds is 10. The summed E-state index contributed by atoms with van der Waals surface area (Å²) in [6, 6.07) is 16.0. The van der Waals surface area contributed by atoms with E-state index in [0.717, 1.165) is 11.1 Å². The Bertz CT molecular complexity index is 1070. The molecule has 0 spiro atoms. The van der Waals surface area contributed by atoms with Crippen molar-refractivity contribution in [2.24, 2.45) is 5.92 Å². The highest BCUT2D eigenvalue weighted by Crippen LogP contribution is 2.44. The Morgan fingerprint density at radius 2 is 1.69 bits per heavy atom. The van der Waals surface area contributed by atoms with Crippen LogP contribution in [0.3, 0.4) is 0 Å². The molecule has 0 heterocycles. The summed E-state index contributed by atoms with van der Waals surface area (Å²) in [6.45, 7) is 2.48. The van der Waals surface area contributed by atoms with Crippen LogP contribution < -0.4 is 10.6 Å². The Morgan fingerprint density at radius 1 is 1.03 bits per heavy atom. The topological polar surface area (TPSA) is 114 Å². The van der Waals surface area contributed by atoms with Crippen LogP contribution in [-0.2, 0) is 19.1 Å². The van der Waals surface area contributed by atoms with E-state index in [1.165, 1.54) is 11.1 Å². The summed E-state index contributed by atoms with van der Waals surface area (Å²) in [4.78, 5) is 35.9. The lowest BCUT2D eigenvalue weighted by atomic mass is 9.98. The van der Waals surface area contributed by atoms with Gasteiger partial charge in [-0.3, -0.25) is 9.59 Å². The zero-order valence-electron chi connectivity index (χ0n) is 19.6. The number of carbonyl (C=O) groups is 3. The zero-order chi connectivity index (χ0) is 24.8. The monoisotopic (exact) mass is 478 g/mol. The Morgan fingerprint density at radius 3 is 2.31 bits per heavy atom. The number of benzene rings is 2. The maximum absolute atomic E-state index is 12.5. The van der Waals surface area contributed by atoms with E-state index in [1.807, 2.05) is 24.3 Å². The standard InChI is InChI=1S/C27H30N2O6/c1-2-34-19(14-25(30)31)15-28-26(32)17-11-12-18(13-17)29-27(33)35-16-24-22-9-5-3-7-20(22)21-8-4-6-10-23(21)24/h3-12,17-19,24H,2,13-16H2,1H3,(H,28,32)(H,29,33)(H,30,31). The minimum atomic E-state index is -0.981. The predicted octanol–water partition coefficient (Wildman–Crippen LogP) is 3.47. The molecule has 0 fully saturated rings. The van der Waals surface area contributed by atoms with E-state index in [2.05, 4.69) is 34.9 Å². The lowest BCUT2D eigenvalue weighted by molar-refractivity contribution is -0.140. The van der Waals surface area contributed by atoms with Gasteiger partial charge in [-0.15, -0.1) is 0 Å². The van der Waals surface area contributed by atoms with Gasteiger partial charge in [-0.2, -0.15) is 0 Å². The number of aliphatic carboxylic acids is 1. The molecule has 3 atom stereocenters. The molecular weight excluding hydrogens is 448 g/mol. The maximum Gasteiger partial charge on any atom is 0.407 e. The van der Waals surface area contributed by atoms with Crippen LogP contribution in [0.4, 0.5) is 4.79 Å². The molecule has 0 aromatic heterocycles. The van der Waals surface area contributed by atoms with Crippen molar-refractivity contribution in [2.75, 3.05) is 19.8 Å². The number of carboxylic acid groups (broad SMARTS) is 1. The molecule has 0 saturated carbocycles. The molecule has 0 radical (unpaired) electrons. The van der Waals surface area contributed by atoms with Gasteiger partial charge in [-0.1, -0.05) is 60.7 Å². The van der Waals surface area contributed by atoms with Crippen LogP contribution in [0.2, 0.25) is 0 Å². The van der Waals surface area contributed by atoms with Crippen LogP contribution in [0.25, 0.3) is 11.1 Å². The molecule has 3 unspecified atom stereocenters. The first-order valence-corrected chi connectivity index (χ1v) is 11.9. The summed E-state index contributed by atoms with van der Waals surface area (Å²) in [5.74, 6) is -1.64. The van der Waals surface area contributed by atoms with Gasteiger partial charge in [0.15, 0.2) is 0 Å². The first kappa shape index (κ1) is 24.5. The van der Waals surface area contributed by atoms with Crippen molar-refractivity contribution in [3.05, 3.63) is 71.8 Å². The molecule has 3 N–H and O–H groups in total. The number of alkyl carbamates (subject to hydrolysis) is 1. The number of hydrogen-bond acceptors (Lipinski definition) is 5. The molecule has 2 aromatic carbocycles. The number of nitrogens with one attached hydrogen (secondary N) is 2. The van der Waals surface area contributed by atoms with Crippen LogP contribution in [0.1, 0.15) is 36.8 Å². The number of fused-ring (bicyclic) bond motifs is 3. The Kier molecular flexibility index (Phi) is 7.82. The highest BCUT2D eigenvalue weighted by molar-refractivity contribution is 5.82. The van der Waals surface area contributed by atoms with Gasteiger partial charge in [0.05, 0.1) is 24.5 Å². The molecule has 2 aliphatic rings. The summed E-state index contributed by atoms with van der Waals surface area (Å²) in [5.41, 5.74) is 4.62. The van der Waals surface area contributed by atoms with E-state index >= 15 is 0 Å². The lowest BCUT2D eigenvalue weighted by Gasteiger charge is -2.18. The average molecular weight is 479 g/mol. The minimum absolute atomic E-state index is 0.0186. The second kappa shape index (κ2) is 11.2. The van der Waals surface area contributed by atoms with Crippen molar-refractivity contribution in [1.29, 1.82) is 0 Å². The smallest absolute Gasteiger partial charge is 0.407 e. The van der Waals surface area contributed by atoms with Crippen molar-refractivity contribution < 1.29 is 29.0 Å². The van der Waals surface area contributed by atoms with Gasteiger partial charge in [-0.25, -0.2) is 4.79 Å². The van der Waals surface area contributed by atoms with E-state index in [0.29, 0.717) is 13.0 Å². The normalized spacial score (nSPS) is 19.0. The number of amides is 2. The highest BCUT2D eigenvalue weighted by Gasteiger charge is 2.30. The van der Waals surface area contributed by atoms with E-state index in [1.54, 1.807) is 19.1 Å². The van der Waals surface area contributed by atoms with Crippen molar-refractivity contribution in [2.45, 2.75) is 37.8 Å². The molecule has 2 aliphatic carbocycles. The minimum Gasteiger partial charge on any atom is -0.481 e. The molecule has 8 heteroatoms. The van der Waals surface area contributed by atoms with Crippen LogP contribution >= 0.6 is 0 Å². The van der Waals surface area contributed by atoms with Gasteiger partial charge < -0.3 is 25.2 Å². The molecule has 2 amide bonds. The molecule has 0 saturated heterocycles. The molecule has 4 rings (SSSR count). The highest BCUT2D eigenvalue weighted by atomic mass is 16.5. The molecule has 35 heavy (non-hydrogen) atoms. The second-order valence-corrected chi connectivity index (χ2v) is 8.72. The average Bonchev–Trinajstić information content (AvgIpc) is 3.43. The molecular formula is C27H30N2O6. The molecule has 8 nitrogen and oxygen atoms in total. The predicted molar refractivity (Wildman–Crippen MR) is 130 cm³/mol. The Balaban J connectivity index is 1.25. The van der Waals surface area contributed by atoms with Crippen molar-refractivity contribution in [1.82, 2.24) is 10.6 Å². The fraction of sp³-hybridized carbons (Fsp3) is 0.370. The van der Waals surface area contributed by atoms with E-state index < -0.39 is 24.1 Å². The van der Waals surface area contributed by atoms with Gasteiger partial charge in [0.2, 0.25) is 5.91 Å². The van der Waals surface area contributed by atoms with Gasteiger partial charge in [0.25, 0.3) is 0 Å². The second-order valence-electron chi connectivity index (χ2n) is 8.72. The van der Waals surface area contributed by atoms with E-state index in [4.69, 9.17) is 14.6 Å². The zero-order valence-corrected chi connectivity index (χ0v) is 19.6. The van der Waals surface area contributed by atoms with Crippen LogP contribution in [0.15, 0.2) is 60.7 Å². The molecule has 0 aliphatic heterocycles. The number of carbonyl (C=O) groups excluding carboxylic acids is 2. The van der Waals surface area contributed by atoms with Crippen LogP contribution in [0, 0.1) is 5.92 Å². The molecule has 2 aromatic rings. The number of carboxylic acids is 1. The van der Waals surface area contributed by atoms with E-state index in [9.17, 15) is 14.4 Å². The summed E-state index contributed by atoms with van der Waals surface area (Å²) < 4.78 is 10.9. The van der Waals surface area contributed by atoms with Crippen LogP contribution in [-0.4, -0.2) is 55.0 Å². The number of ether oxygens (including phenoxy) is 2. The third-order valence-corrected chi connectivity index (χ3v) is 6.38.